The first kappa shape index (κ1) is 9.30. The molecule has 0 aromatic heterocycles. The van der Waals surface area contributed by atoms with Crippen molar-refractivity contribution in [3.63, 3.8) is 0 Å². The second-order valence-electron chi connectivity index (χ2n) is 3.16. The Labute approximate surface area is 82.6 Å². The summed E-state index contributed by atoms with van der Waals surface area (Å²) in [6, 6.07) is 5.67. The second kappa shape index (κ2) is 3.86. The fourth-order valence-electron chi connectivity index (χ4n) is 1.50. The molecule has 0 aliphatic carbocycles. The van der Waals surface area contributed by atoms with Crippen LogP contribution in [0.1, 0.15) is 5.56 Å². The molecule has 0 fully saturated rings. The molecule has 4 nitrogen and oxygen atoms in total. The van der Waals surface area contributed by atoms with Crippen LogP contribution >= 0.6 is 0 Å². The molecule has 14 heavy (non-hydrogen) atoms. The van der Waals surface area contributed by atoms with E-state index in [4.69, 9.17) is 14.7 Å². The molecule has 1 aromatic carbocycles. The van der Waals surface area contributed by atoms with E-state index in [1.54, 1.807) is 7.11 Å². The monoisotopic (exact) mass is 195 g/mol. The third-order valence-corrected chi connectivity index (χ3v) is 2.28. The Morgan fingerprint density at radius 1 is 1.57 bits per heavy atom. The quantitative estimate of drug-likeness (QED) is 0.757. The number of benzene rings is 1. The van der Waals surface area contributed by atoms with Gasteiger partial charge in [-0.25, -0.2) is 0 Å². The van der Waals surface area contributed by atoms with Gasteiger partial charge in [0.15, 0.2) is 5.75 Å². The lowest BCUT2D eigenvalue weighted by molar-refractivity contribution is -0.121. The summed E-state index contributed by atoms with van der Waals surface area (Å²) in [6.07, 6.45) is 0.868. The van der Waals surface area contributed by atoms with Crippen LogP contribution in [0, 0.1) is 0 Å². The van der Waals surface area contributed by atoms with E-state index in [1.807, 2.05) is 18.2 Å². The van der Waals surface area contributed by atoms with Crippen LogP contribution in [0.3, 0.4) is 0 Å². The van der Waals surface area contributed by atoms with Crippen molar-refractivity contribution in [1.29, 1.82) is 0 Å². The number of fused-ring (bicyclic) bond motifs is 1. The highest BCUT2D eigenvalue weighted by molar-refractivity contribution is 5.41. The summed E-state index contributed by atoms with van der Waals surface area (Å²) < 4.78 is 5.11. The Morgan fingerprint density at radius 3 is 3.14 bits per heavy atom. The molecule has 0 spiro atoms. The number of methoxy groups -OCH3 is 1. The molecule has 76 valence electrons. The van der Waals surface area contributed by atoms with E-state index in [0.29, 0.717) is 6.54 Å². The molecule has 1 aromatic rings. The van der Waals surface area contributed by atoms with Crippen LogP contribution in [-0.4, -0.2) is 30.6 Å². The van der Waals surface area contributed by atoms with E-state index in [9.17, 15) is 0 Å². The predicted molar refractivity (Wildman–Crippen MR) is 51.1 cm³/mol. The van der Waals surface area contributed by atoms with Crippen LogP contribution in [0.4, 0.5) is 0 Å². The highest BCUT2D eigenvalue weighted by Crippen LogP contribution is 2.28. The number of aliphatic hydroxyl groups is 1. The maximum absolute atomic E-state index is 8.89. The molecule has 0 atom stereocenters. The molecule has 1 aliphatic rings. The van der Waals surface area contributed by atoms with Gasteiger partial charge in [0, 0.05) is 12.1 Å². The Morgan fingerprint density at radius 2 is 2.43 bits per heavy atom. The number of hydrogen-bond acceptors (Lipinski definition) is 4. The molecule has 0 saturated carbocycles. The van der Waals surface area contributed by atoms with Gasteiger partial charge < -0.3 is 14.7 Å². The zero-order valence-electron chi connectivity index (χ0n) is 8.06. The van der Waals surface area contributed by atoms with Crippen molar-refractivity contribution in [2.75, 3.05) is 20.4 Å². The van der Waals surface area contributed by atoms with Gasteiger partial charge in [0.1, 0.15) is 12.5 Å². The van der Waals surface area contributed by atoms with Gasteiger partial charge in [0.2, 0.25) is 0 Å². The van der Waals surface area contributed by atoms with Crippen molar-refractivity contribution >= 4 is 0 Å². The standard InChI is InChI=1S/C10H13NO3/c1-13-9-2-3-10-8(6-9)4-5-11(7-12)14-10/h2-3,6,12H,4-5,7H2,1H3. The first-order chi connectivity index (χ1) is 6.83. The van der Waals surface area contributed by atoms with Crippen molar-refractivity contribution in [2.45, 2.75) is 6.42 Å². The lowest BCUT2D eigenvalue weighted by Crippen LogP contribution is -2.34. The summed E-state index contributed by atoms with van der Waals surface area (Å²) in [5, 5.41) is 10.4. The lowest BCUT2D eigenvalue weighted by atomic mass is 10.1. The normalized spacial score (nSPS) is 15.9. The topological polar surface area (TPSA) is 41.9 Å². The Hall–Kier alpha value is -1.26. The lowest BCUT2D eigenvalue weighted by Gasteiger charge is -2.26. The van der Waals surface area contributed by atoms with Gasteiger partial charge in [-0.1, -0.05) is 0 Å². The Kier molecular flexibility index (Phi) is 2.56. The smallest absolute Gasteiger partial charge is 0.151 e. The van der Waals surface area contributed by atoms with Crippen LogP contribution in [0.5, 0.6) is 11.5 Å². The maximum atomic E-state index is 8.89. The maximum Gasteiger partial charge on any atom is 0.151 e. The van der Waals surface area contributed by atoms with Gasteiger partial charge >= 0.3 is 0 Å². The minimum absolute atomic E-state index is 0.0779. The average Bonchev–Trinajstić information content (AvgIpc) is 2.27. The van der Waals surface area contributed by atoms with E-state index >= 15 is 0 Å². The predicted octanol–water partition coefficient (Wildman–Crippen LogP) is 0.797. The van der Waals surface area contributed by atoms with E-state index in [-0.39, 0.29) is 6.73 Å². The third-order valence-electron chi connectivity index (χ3n) is 2.28. The molecule has 0 bridgehead atoms. The van der Waals surface area contributed by atoms with Gasteiger partial charge in [-0.15, -0.1) is 5.06 Å². The Bertz CT molecular complexity index is 327. The van der Waals surface area contributed by atoms with Gasteiger partial charge in [0.05, 0.1) is 7.11 Å². The second-order valence-corrected chi connectivity index (χ2v) is 3.16. The van der Waals surface area contributed by atoms with Gasteiger partial charge in [-0.3, -0.25) is 0 Å². The van der Waals surface area contributed by atoms with Gasteiger partial charge in [-0.2, -0.15) is 0 Å². The molecule has 0 radical (unpaired) electrons. The number of hydroxylamine groups is 2. The summed E-state index contributed by atoms with van der Waals surface area (Å²) in [6.45, 7) is 0.627. The minimum Gasteiger partial charge on any atom is -0.497 e. The van der Waals surface area contributed by atoms with Crippen LogP contribution in [0.15, 0.2) is 18.2 Å². The molecule has 0 amide bonds. The molecule has 1 heterocycles. The molecular formula is C10H13NO3. The van der Waals surface area contributed by atoms with Crippen LogP contribution in [0.2, 0.25) is 0 Å². The number of ether oxygens (including phenoxy) is 1. The van der Waals surface area contributed by atoms with Crippen molar-refractivity contribution in [3.8, 4) is 11.5 Å². The van der Waals surface area contributed by atoms with Crippen molar-refractivity contribution in [3.05, 3.63) is 23.8 Å². The van der Waals surface area contributed by atoms with E-state index in [0.717, 1.165) is 23.5 Å². The summed E-state index contributed by atoms with van der Waals surface area (Å²) in [5.74, 6) is 1.64. The van der Waals surface area contributed by atoms with Crippen molar-refractivity contribution < 1.29 is 14.7 Å². The van der Waals surface area contributed by atoms with Crippen LogP contribution in [-0.2, 0) is 6.42 Å². The first-order valence-corrected chi connectivity index (χ1v) is 4.54. The highest BCUT2D eigenvalue weighted by atomic mass is 16.7. The molecule has 2 rings (SSSR count). The van der Waals surface area contributed by atoms with Crippen LogP contribution < -0.4 is 9.57 Å². The molecule has 4 heteroatoms. The van der Waals surface area contributed by atoms with Crippen LogP contribution in [0.25, 0.3) is 0 Å². The summed E-state index contributed by atoms with van der Waals surface area (Å²) in [4.78, 5) is 5.41. The summed E-state index contributed by atoms with van der Waals surface area (Å²) in [5.41, 5.74) is 1.12. The van der Waals surface area contributed by atoms with Crippen molar-refractivity contribution in [1.82, 2.24) is 5.06 Å². The third kappa shape index (κ3) is 1.66. The summed E-state index contributed by atoms with van der Waals surface area (Å²) in [7, 11) is 1.64. The highest BCUT2D eigenvalue weighted by Gasteiger charge is 2.17. The molecule has 0 unspecified atom stereocenters. The first-order valence-electron chi connectivity index (χ1n) is 4.54. The SMILES string of the molecule is COc1ccc2c(c1)CCN(CO)O2. The fourth-order valence-corrected chi connectivity index (χ4v) is 1.50. The average molecular weight is 195 g/mol. The Balaban J connectivity index is 2.23. The van der Waals surface area contributed by atoms with Gasteiger partial charge in [0.25, 0.3) is 0 Å². The number of hydrogen-bond donors (Lipinski definition) is 1. The number of rotatable bonds is 2. The number of nitrogens with zero attached hydrogens (tertiary/aromatic N) is 1. The van der Waals surface area contributed by atoms with Gasteiger partial charge in [-0.05, 0) is 24.6 Å². The van der Waals surface area contributed by atoms with Crippen molar-refractivity contribution in [2.24, 2.45) is 0 Å². The zero-order valence-corrected chi connectivity index (χ0v) is 8.06. The molecular weight excluding hydrogens is 182 g/mol. The molecule has 1 aliphatic heterocycles. The summed E-state index contributed by atoms with van der Waals surface area (Å²) >= 11 is 0. The molecule has 1 N–H and O–H groups in total. The van der Waals surface area contributed by atoms with E-state index in [2.05, 4.69) is 0 Å². The van der Waals surface area contributed by atoms with E-state index < -0.39 is 0 Å². The fraction of sp³-hybridized carbons (Fsp3) is 0.400. The van der Waals surface area contributed by atoms with E-state index in [1.165, 1.54) is 5.06 Å². The minimum atomic E-state index is -0.0779. The molecule has 0 saturated heterocycles. The largest absolute Gasteiger partial charge is 0.497 e. The number of aliphatic hydroxyl groups excluding tert-OH is 1. The zero-order chi connectivity index (χ0) is 9.97.